The molecule has 80 valence electrons. The Hall–Kier alpha value is -0.590. The van der Waals surface area contributed by atoms with Crippen molar-refractivity contribution in [2.24, 2.45) is 11.3 Å². The Bertz CT molecular complexity index is 238. The standard InChI is InChI=1S/C13H22O/c1-10(2)5-6-11-9-12(14)7-8-13(11,3)4/h11H,1,5-9H2,2-4H3. The summed E-state index contributed by atoms with van der Waals surface area (Å²) >= 11 is 0. The van der Waals surface area contributed by atoms with Crippen LogP contribution in [0.1, 0.15) is 52.9 Å². The Morgan fingerprint density at radius 2 is 2.21 bits per heavy atom. The first-order chi connectivity index (χ1) is 6.42. The van der Waals surface area contributed by atoms with Crippen LogP contribution in [-0.4, -0.2) is 5.78 Å². The predicted molar refractivity (Wildman–Crippen MR) is 60.2 cm³/mol. The van der Waals surface area contributed by atoms with Gasteiger partial charge in [-0.3, -0.25) is 4.79 Å². The van der Waals surface area contributed by atoms with Gasteiger partial charge in [-0.05, 0) is 37.5 Å². The smallest absolute Gasteiger partial charge is 0.133 e. The third-order valence-electron chi connectivity index (χ3n) is 3.55. The second-order valence-electron chi connectivity index (χ2n) is 5.42. The van der Waals surface area contributed by atoms with E-state index in [0.717, 1.165) is 32.1 Å². The van der Waals surface area contributed by atoms with E-state index in [0.29, 0.717) is 17.1 Å². The molecule has 0 spiro atoms. The summed E-state index contributed by atoms with van der Waals surface area (Å²) in [6, 6.07) is 0. The van der Waals surface area contributed by atoms with Crippen molar-refractivity contribution in [1.29, 1.82) is 0 Å². The van der Waals surface area contributed by atoms with Gasteiger partial charge < -0.3 is 0 Å². The van der Waals surface area contributed by atoms with Gasteiger partial charge in [-0.1, -0.05) is 19.4 Å². The highest BCUT2D eigenvalue weighted by atomic mass is 16.1. The van der Waals surface area contributed by atoms with Gasteiger partial charge in [0.2, 0.25) is 0 Å². The lowest BCUT2D eigenvalue weighted by atomic mass is 9.66. The third-order valence-corrected chi connectivity index (χ3v) is 3.55. The van der Waals surface area contributed by atoms with Crippen LogP contribution in [0.25, 0.3) is 0 Å². The molecule has 1 saturated carbocycles. The number of rotatable bonds is 3. The predicted octanol–water partition coefficient (Wildman–Crippen LogP) is 3.74. The van der Waals surface area contributed by atoms with Gasteiger partial charge in [-0.25, -0.2) is 0 Å². The zero-order valence-electron chi connectivity index (χ0n) is 9.73. The molecular weight excluding hydrogens is 172 g/mol. The van der Waals surface area contributed by atoms with E-state index in [-0.39, 0.29) is 0 Å². The lowest BCUT2D eigenvalue weighted by molar-refractivity contribution is -0.124. The van der Waals surface area contributed by atoms with Crippen molar-refractivity contribution in [3.05, 3.63) is 12.2 Å². The summed E-state index contributed by atoms with van der Waals surface area (Å²) in [6.07, 6.45) is 4.85. The van der Waals surface area contributed by atoms with E-state index in [1.54, 1.807) is 0 Å². The van der Waals surface area contributed by atoms with E-state index in [9.17, 15) is 4.79 Å². The second-order valence-corrected chi connectivity index (χ2v) is 5.42. The molecule has 0 aromatic heterocycles. The quantitative estimate of drug-likeness (QED) is 0.625. The van der Waals surface area contributed by atoms with Crippen molar-refractivity contribution in [3.8, 4) is 0 Å². The first-order valence-corrected chi connectivity index (χ1v) is 5.58. The van der Waals surface area contributed by atoms with E-state index in [1.807, 2.05) is 0 Å². The Labute approximate surface area is 87.6 Å². The number of hydrogen-bond donors (Lipinski definition) is 0. The summed E-state index contributed by atoms with van der Waals surface area (Å²) in [5.41, 5.74) is 1.59. The minimum Gasteiger partial charge on any atom is -0.300 e. The molecule has 1 fully saturated rings. The van der Waals surface area contributed by atoms with Crippen LogP contribution in [0.2, 0.25) is 0 Å². The maximum atomic E-state index is 11.4. The summed E-state index contributed by atoms with van der Waals surface area (Å²) < 4.78 is 0. The van der Waals surface area contributed by atoms with Crippen molar-refractivity contribution in [2.75, 3.05) is 0 Å². The van der Waals surface area contributed by atoms with Crippen LogP contribution in [-0.2, 0) is 4.79 Å². The van der Waals surface area contributed by atoms with E-state index < -0.39 is 0 Å². The maximum absolute atomic E-state index is 11.4. The molecule has 1 atom stereocenters. The minimum atomic E-state index is 0.351. The Balaban J connectivity index is 2.54. The van der Waals surface area contributed by atoms with Crippen molar-refractivity contribution < 1.29 is 4.79 Å². The largest absolute Gasteiger partial charge is 0.300 e. The molecule has 1 aliphatic carbocycles. The zero-order valence-corrected chi connectivity index (χ0v) is 9.73. The van der Waals surface area contributed by atoms with Gasteiger partial charge in [-0.2, -0.15) is 0 Å². The van der Waals surface area contributed by atoms with Gasteiger partial charge in [0.1, 0.15) is 5.78 Å². The van der Waals surface area contributed by atoms with Gasteiger partial charge in [-0.15, -0.1) is 6.58 Å². The highest BCUT2D eigenvalue weighted by Crippen LogP contribution is 2.41. The molecule has 0 bridgehead atoms. The van der Waals surface area contributed by atoms with Crippen LogP contribution >= 0.6 is 0 Å². The molecule has 0 amide bonds. The fourth-order valence-electron chi connectivity index (χ4n) is 2.23. The summed E-state index contributed by atoms with van der Waals surface area (Å²) in [6.45, 7) is 10.6. The first-order valence-electron chi connectivity index (χ1n) is 5.58. The fourth-order valence-corrected chi connectivity index (χ4v) is 2.23. The number of carbonyl (C=O) groups is 1. The molecule has 0 heterocycles. The summed E-state index contributed by atoms with van der Waals surface area (Å²) in [5.74, 6) is 1.02. The minimum absolute atomic E-state index is 0.351. The molecular formula is C13H22O. The molecule has 0 saturated heterocycles. The fraction of sp³-hybridized carbons (Fsp3) is 0.769. The third kappa shape index (κ3) is 2.97. The maximum Gasteiger partial charge on any atom is 0.133 e. The number of ketones is 1. The van der Waals surface area contributed by atoms with Gasteiger partial charge >= 0.3 is 0 Å². The molecule has 1 aliphatic rings. The van der Waals surface area contributed by atoms with E-state index in [2.05, 4.69) is 27.4 Å². The van der Waals surface area contributed by atoms with Crippen molar-refractivity contribution in [1.82, 2.24) is 0 Å². The van der Waals surface area contributed by atoms with E-state index in [1.165, 1.54) is 5.57 Å². The Kier molecular flexibility index (Phi) is 3.52. The normalized spacial score (nSPS) is 26.2. The van der Waals surface area contributed by atoms with Gasteiger partial charge in [0.15, 0.2) is 0 Å². The zero-order chi connectivity index (χ0) is 10.8. The van der Waals surface area contributed by atoms with Crippen LogP contribution in [0.15, 0.2) is 12.2 Å². The lowest BCUT2D eigenvalue weighted by Gasteiger charge is -2.38. The molecule has 0 radical (unpaired) electrons. The van der Waals surface area contributed by atoms with Gasteiger partial charge in [0.05, 0.1) is 0 Å². The Morgan fingerprint density at radius 3 is 2.79 bits per heavy atom. The Morgan fingerprint density at radius 1 is 1.57 bits per heavy atom. The SMILES string of the molecule is C=C(C)CCC1CC(=O)CCC1(C)C. The molecule has 0 aromatic carbocycles. The molecule has 1 unspecified atom stereocenters. The summed E-state index contributed by atoms with van der Waals surface area (Å²) in [5, 5.41) is 0. The molecule has 0 aliphatic heterocycles. The summed E-state index contributed by atoms with van der Waals surface area (Å²) in [4.78, 5) is 11.4. The molecule has 1 heteroatoms. The van der Waals surface area contributed by atoms with Crippen LogP contribution in [0.5, 0.6) is 0 Å². The van der Waals surface area contributed by atoms with E-state index >= 15 is 0 Å². The van der Waals surface area contributed by atoms with Crippen LogP contribution in [0.4, 0.5) is 0 Å². The highest BCUT2D eigenvalue weighted by Gasteiger charge is 2.34. The molecule has 1 rings (SSSR count). The lowest BCUT2D eigenvalue weighted by Crippen LogP contribution is -2.32. The molecule has 1 nitrogen and oxygen atoms in total. The molecule has 14 heavy (non-hydrogen) atoms. The van der Waals surface area contributed by atoms with Crippen molar-refractivity contribution in [2.45, 2.75) is 52.9 Å². The number of carbonyl (C=O) groups excluding carboxylic acids is 1. The molecule has 0 aromatic rings. The van der Waals surface area contributed by atoms with Crippen molar-refractivity contribution >= 4 is 5.78 Å². The summed E-state index contributed by atoms with van der Waals surface area (Å²) in [7, 11) is 0. The first kappa shape index (κ1) is 11.5. The average Bonchev–Trinajstić information content (AvgIpc) is 2.07. The van der Waals surface area contributed by atoms with Crippen LogP contribution < -0.4 is 0 Å². The van der Waals surface area contributed by atoms with Crippen molar-refractivity contribution in [3.63, 3.8) is 0 Å². The number of allylic oxidation sites excluding steroid dienone is 1. The highest BCUT2D eigenvalue weighted by molar-refractivity contribution is 5.79. The topological polar surface area (TPSA) is 17.1 Å². The average molecular weight is 194 g/mol. The number of Topliss-reactive ketones (excluding diaryl/α,β-unsaturated/α-hetero) is 1. The van der Waals surface area contributed by atoms with Crippen LogP contribution in [0, 0.1) is 11.3 Å². The number of hydrogen-bond acceptors (Lipinski definition) is 1. The molecule has 0 N–H and O–H groups in total. The van der Waals surface area contributed by atoms with Gasteiger partial charge in [0, 0.05) is 12.8 Å². The van der Waals surface area contributed by atoms with Gasteiger partial charge in [0.25, 0.3) is 0 Å². The second kappa shape index (κ2) is 4.29. The monoisotopic (exact) mass is 194 g/mol. The van der Waals surface area contributed by atoms with E-state index in [4.69, 9.17) is 0 Å². The van der Waals surface area contributed by atoms with Crippen LogP contribution in [0.3, 0.4) is 0 Å².